The SMILES string of the molecule is CN(C)CCCCC(=O)c1ccc2c(c1)C(C(=O)CCCCN(C)C)c1cc(C(=O)CCCCN(C)C)ccc1O2. The predicted molar refractivity (Wildman–Crippen MR) is 166 cm³/mol. The Morgan fingerprint density at radius 1 is 0.585 bits per heavy atom. The lowest BCUT2D eigenvalue weighted by molar-refractivity contribution is -0.119. The second-order valence-electron chi connectivity index (χ2n) is 12.1. The van der Waals surface area contributed by atoms with Crippen molar-refractivity contribution in [3.05, 3.63) is 58.7 Å². The Balaban J connectivity index is 1.86. The summed E-state index contributed by atoms with van der Waals surface area (Å²) in [7, 11) is 12.2. The van der Waals surface area contributed by atoms with Crippen LogP contribution in [0.4, 0.5) is 0 Å². The first-order valence-electron chi connectivity index (χ1n) is 15.1. The maximum absolute atomic E-state index is 13.8. The lowest BCUT2D eigenvalue weighted by Gasteiger charge is -2.28. The van der Waals surface area contributed by atoms with Gasteiger partial charge in [-0.15, -0.1) is 0 Å². The third kappa shape index (κ3) is 9.87. The fourth-order valence-corrected chi connectivity index (χ4v) is 5.30. The number of benzene rings is 2. The highest BCUT2D eigenvalue weighted by molar-refractivity contribution is 5.99. The molecule has 1 heterocycles. The topological polar surface area (TPSA) is 70.2 Å². The molecule has 224 valence electrons. The number of nitrogens with zero attached hydrogens (tertiary/aromatic N) is 3. The molecule has 0 saturated heterocycles. The minimum absolute atomic E-state index is 0.0798. The molecule has 0 unspecified atom stereocenters. The summed E-state index contributed by atoms with van der Waals surface area (Å²) in [5, 5.41) is 0. The number of ketones is 3. The van der Waals surface area contributed by atoms with Crippen molar-refractivity contribution in [2.45, 2.75) is 63.7 Å². The molecule has 0 atom stereocenters. The molecule has 0 radical (unpaired) electrons. The number of fused-ring (bicyclic) bond motifs is 2. The molecule has 7 nitrogen and oxygen atoms in total. The number of rotatable bonds is 18. The van der Waals surface area contributed by atoms with E-state index in [0.717, 1.165) is 69.3 Å². The summed E-state index contributed by atoms with van der Waals surface area (Å²) < 4.78 is 6.24. The molecule has 0 fully saturated rings. The molecule has 1 aliphatic rings. The van der Waals surface area contributed by atoms with Crippen LogP contribution in [0.1, 0.15) is 95.5 Å². The maximum Gasteiger partial charge on any atom is 0.162 e. The minimum atomic E-state index is -0.559. The van der Waals surface area contributed by atoms with Crippen molar-refractivity contribution in [1.82, 2.24) is 14.7 Å². The van der Waals surface area contributed by atoms with Crippen LogP contribution in [0, 0.1) is 0 Å². The summed E-state index contributed by atoms with van der Waals surface area (Å²) in [6.07, 6.45) is 6.65. The number of hydrogen-bond acceptors (Lipinski definition) is 7. The molecule has 41 heavy (non-hydrogen) atoms. The summed E-state index contributed by atoms with van der Waals surface area (Å²) in [4.78, 5) is 46.4. The molecular formula is C34H49N3O4. The van der Waals surface area contributed by atoms with Crippen LogP contribution >= 0.6 is 0 Å². The number of hydrogen-bond donors (Lipinski definition) is 0. The van der Waals surface area contributed by atoms with Gasteiger partial charge in [0.05, 0.1) is 5.92 Å². The number of ether oxygens (including phenoxy) is 1. The zero-order valence-corrected chi connectivity index (χ0v) is 26.0. The molecule has 0 bridgehead atoms. The van der Waals surface area contributed by atoms with Gasteiger partial charge in [-0.25, -0.2) is 0 Å². The van der Waals surface area contributed by atoms with E-state index in [1.54, 1.807) is 0 Å². The molecule has 0 amide bonds. The number of Topliss-reactive ketones (excluding diaryl/α,β-unsaturated/α-hetero) is 3. The minimum Gasteiger partial charge on any atom is -0.457 e. The van der Waals surface area contributed by atoms with Gasteiger partial charge in [0.1, 0.15) is 17.3 Å². The van der Waals surface area contributed by atoms with E-state index >= 15 is 0 Å². The average molecular weight is 564 g/mol. The van der Waals surface area contributed by atoms with Crippen LogP contribution in [0.25, 0.3) is 0 Å². The molecule has 7 heteroatoms. The number of carbonyl (C=O) groups excluding carboxylic acids is 3. The van der Waals surface area contributed by atoms with E-state index < -0.39 is 5.92 Å². The van der Waals surface area contributed by atoms with Gasteiger partial charge >= 0.3 is 0 Å². The average Bonchev–Trinajstić information content (AvgIpc) is 2.93. The fraction of sp³-hybridized carbons (Fsp3) is 0.559. The van der Waals surface area contributed by atoms with E-state index in [-0.39, 0.29) is 17.3 Å². The predicted octanol–water partition coefficient (Wildman–Crippen LogP) is 6.05. The van der Waals surface area contributed by atoms with Gasteiger partial charge in [-0.1, -0.05) is 0 Å². The van der Waals surface area contributed by atoms with Crippen LogP contribution in [-0.4, -0.2) is 94.0 Å². The van der Waals surface area contributed by atoms with Gasteiger partial charge in [-0.05, 0) is 137 Å². The van der Waals surface area contributed by atoms with E-state index in [2.05, 4.69) is 14.7 Å². The second kappa shape index (κ2) is 15.9. The molecule has 0 aliphatic carbocycles. The molecule has 0 N–H and O–H groups in total. The Bertz CT molecular complexity index is 1110. The van der Waals surface area contributed by atoms with Crippen molar-refractivity contribution >= 4 is 17.3 Å². The van der Waals surface area contributed by atoms with Crippen molar-refractivity contribution in [1.29, 1.82) is 0 Å². The summed E-state index contributed by atoms with van der Waals surface area (Å²) in [5.74, 6) is 0.913. The Kier molecular flexibility index (Phi) is 12.7. The van der Waals surface area contributed by atoms with Gasteiger partial charge in [0.25, 0.3) is 0 Å². The normalized spacial score (nSPS) is 12.9. The molecule has 0 saturated carbocycles. The van der Waals surface area contributed by atoms with Gasteiger partial charge < -0.3 is 19.4 Å². The second-order valence-corrected chi connectivity index (χ2v) is 12.1. The quantitative estimate of drug-likeness (QED) is 0.161. The Morgan fingerprint density at radius 2 is 0.976 bits per heavy atom. The smallest absolute Gasteiger partial charge is 0.162 e. The first kappa shape index (κ1) is 32.6. The zero-order chi connectivity index (χ0) is 29.9. The van der Waals surface area contributed by atoms with E-state index in [0.29, 0.717) is 41.9 Å². The third-order valence-corrected chi connectivity index (χ3v) is 7.62. The van der Waals surface area contributed by atoms with Crippen LogP contribution in [0.15, 0.2) is 36.4 Å². The standard InChI is InChI=1S/C34H49N3O4/c1-35(2)20-10-7-13-29(38)25-16-18-32-27(23-25)34(31(40)15-9-12-22-37(5)6)28-24-26(17-19-33(28)41-32)30(39)14-8-11-21-36(3)4/h16-19,23-24,34H,7-15,20-22H2,1-6H3. The van der Waals surface area contributed by atoms with E-state index in [1.807, 2.05) is 78.7 Å². The molecule has 2 aromatic rings. The Labute approximate surface area is 246 Å². The first-order valence-corrected chi connectivity index (χ1v) is 15.1. The lowest BCUT2D eigenvalue weighted by atomic mass is 9.81. The first-order chi connectivity index (χ1) is 19.6. The number of carbonyl (C=O) groups is 3. The summed E-state index contributed by atoms with van der Waals surface area (Å²) in [6, 6.07) is 11.0. The van der Waals surface area contributed by atoms with Crippen molar-refractivity contribution in [3.63, 3.8) is 0 Å². The highest BCUT2D eigenvalue weighted by Gasteiger charge is 2.33. The van der Waals surface area contributed by atoms with Gasteiger partial charge in [-0.3, -0.25) is 14.4 Å². The Hall–Kier alpha value is -2.87. The molecular weight excluding hydrogens is 514 g/mol. The summed E-state index contributed by atoms with van der Waals surface area (Å²) in [6.45, 7) is 2.82. The van der Waals surface area contributed by atoms with Crippen molar-refractivity contribution in [2.24, 2.45) is 0 Å². The van der Waals surface area contributed by atoms with Gasteiger partial charge in [0.2, 0.25) is 0 Å². The number of unbranched alkanes of at least 4 members (excludes halogenated alkanes) is 3. The van der Waals surface area contributed by atoms with Crippen molar-refractivity contribution < 1.29 is 19.1 Å². The van der Waals surface area contributed by atoms with Gasteiger partial charge in [0.15, 0.2) is 11.6 Å². The fourth-order valence-electron chi connectivity index (χ4n) is 5.30. The highest BCUT2D eigenvalue weighted by atomic mass is 16.5. The van der Waals surface area contributed by atoms with Crippen LogP contribution in [0.2, 0.25) is 0 Å². The van der Waals surface area contributed by atoms with Crippen LogP contribution in [-0.2, 0) is 4.79 Å². The zero-order valence-electron chi connectivity index (χ0n) is 26.0. The maximum atomic E-state index is 13.8. The molecule has 2 aromatic carbocycles. The molecule has 0 spiro atoms. The largest absolute Gasteiger partial charge is 0.457 e. The van der Waals surface area contributed by atoms with E-state index in [9.17, 15) is 14.4 Å². The molecule has 1 aliphatic heterocycles. The van der Waals surface area contributed by atoms with E-state index in [4.69, 9.17) is 4.74 Å². The highest BCUT2D eigenvalue weighted by Crippen LogP contribution is 2.46. The molecule has 3 rings (SSSR count). The summed E-state index contributed by atoms with van der Waals surface area (Å²) >= 11 is 0. The molecule has 0 aromatic heterocycles. The van der Waals surface area contributed by atoms with Gasteiger partial charge in [0, 0.05) is 41.5 Å². The van der Waals surface area contributed by atoms with Crippen LogP contribution in [0.5, 0.6) is 11.5 Å². The monoisotopic (exact) mass is 563 g/mol. The van der Waals surface area contributed by atoms with Crippen LogP contribution < -0.4 is 4.74 Å². The van der Waals surface area contributed by atoms with Crippen molar-refractivity contribution in [2.75, 3.05) is 61.9 Å². The van der Waals surface area contributed by atoms with Crippen LogP contribution in [0.3, 0.4) is 0 Å². The van der Waals surface area contributed by atoms with E-state index in [1.165, 1.54) is 0 Å². The van der Waals surface area contributed by atoms with Gasteiger partial charge in [-0.2, -0.15) is 0 Å². The third-order valence-electron chi connectivity index (χ3n) is 7.62. The van der Waals surface area contributed by atoms with Crippen molar-refractivity contribution in [3.8, 4) is 11.5 Å². The lowest BCUT2D eigenvalue weighted by Crippen LogP contribution is -2.21. The Morgan fingerprint density at radius 3 is 1.37 bits per heavy atom. The summed E-state index contributed by atoms with van der Waals surface area (Å²) in [5.41, 5.74) is 2.67.